The van der Waals surface area contributed by atoms with Crippen LogP contribution < -0.4 is 0 Å². The van der Waals surface area contributed by atoms with Gasteiger partial charge in [-0.05, 0) is 5.56 Å². The molecular weight excluding hydrogens is 291 g/mol. The second kappa shape index (κ2) is 6.39. The molecule has 3 nitrogen and oxygen atoms in total. The molecule has 1 aliphatic rings. The normalized spacial score (nSPS) is 15.8. The highest BCUT2D eigenvalue weighted by Crippen LogP contribution is 2.33. The Balaban J connectivity index is 1.64. The Morgan fingerprint density at radius 2 is 1.95 bits per heavy atom. The highest BCUT2D eigenvalue weighted by atomic mass is 32.2. The van der Waals surface area contributed by atoms with Crippen molar-refractivity contribution in [3.63, 3.8) is 0 Å². The molecule has 1 aromatic carbocycles. The maximum atomic E-state index is 12.0. The van der Waals surface area contributed by atoms with Crippen LogP contribution in [-0.4, -0.2) is 35.3 Å². The van der Waals surface area contributed by atoms with Crippen LogP contribution in [0.3, 0.4) is 0 Å². The third-order valence-corrected chi connectivity index (χ3v) is 3.87. The van der Waals surface area contributed by atoms with Crippen molar-refractivity contribution in [2.45, 2.75) is 12.1 Å². The summed E-state index contributed by atoms with van der Waals surface area (Å²) in [6, 6.07) is 9.23. The minimum absolute atomic E-state index is 0.00797. The quantitative estimate of drug-likeness (QED) is 0.852. The van der Waals surface area contributed by atoms with Crippen LogP contribution in [0.25, 0.3) is 0 Å². The fraction of sp³-hybridized carbons (Fsp3) is 0.462. The molecule has 0 saturated carbocycles. The number of carbonyl (C=O) groups excluding carboxylic acids is 1. The molecule has 0 spiro atoms. The van der Waals surface area contributed by atoms with Crippen LogP contribution in [0.1, 0.15) is 5.56 Å². The second-order valence-corrected chi connectivity index (χ2v) is 5.65. The van der Waals surface area contributed by atoms with Gasteiger partial charge in [-0.25, -0.2) is 4.79 Å². The van der Waals surface area contributed by atoms with E-state index >= 15 is 0 Å². The fourth-order valence-corrected chi connectivity index (χ4v) is 2.48. The van der Waals surface area contributed by atoms with Crippen molar-refractivity contribution in [3.8, 4) is 0 Å². The molecule has 0 bridgehead atoms. The first-order valence-corrected chi connectivity index (χ1v) is 7.09. The maximum absolute atomic E-state index is 12.0. The zero-order valence-corrected chi connectivity index (χ0v) is 11.4. The molecule has 0 unspecified atom stereocenters. The number of benzene rings is 1. The third-order valence-electron chi connectivity index (χ3n) is 2.90. The number of hydrogen-bond acceptors (Lipinski definition) is 3. The largest absolute Gasteiger partial charge is 0.445 e. The van der Waals surface area contributed by atoms with Crippen LogP contribution in [0.5, 0.6) is 0 Å². The van der Waals surface area contributed by atoms with Crippen LogP contribution in [0.2, 0.25) is 0 Å². The molecular formula is C13H14F3NO2S. The number of likely N-dealkylation sites (tertiary alicyclic amines) is 1. The standard InChI is InChI=1S/C13H14F3NO2S/c14-13(15,16)20-9-11-6-17(7-11)12(18)19-8-10-4-2-1-3-5-10/h1-5,11H,6-9H2. The average Bonchev–Trinajstić information content (AvgIpc) is 2.34. The van der Waals surface area contributed by atoms with Crippen molar-refractivity contribution in [1.29, 1.82) is 0 Å². The molecule has 2 rings (SSSR count). The van der Waals surface area contributed by atoms with E-state index in [1.807, 2.05) is 30.3 Å². The molecule has 0 atom stereocenters. The van der Waals surface area contributed by atoms with Crippen LogP contribution in [0.15, 0.2) is 30.3 Å². The summed E-state index contributed by atoms with van der Waals surface area (Å²) in [6.45, 7) is 0.839. The van der Waals surface area contributed by atoms with Gasteiger partial charge in [0, 0.05) is 24.8 Å². The number of hydrogen-bond donors (Lipinski definition) is 0. The number of rotatable bonds is 4. The summed E-state index contributed by atoms with van der Waals surface area (Å²) in [6.07, 6.45) is -0.470. The molecule has 1 aromatic rings. The number of halogens is 3. The SMILES string of the molecule is O=C(OCc1ccccc1)N1CC(CSC(F)(F)F)C1. The number of ether oxygens (including phenoxy) is 1. The van der Waals surface area contributed by atoms with Crippen molar-refractivity contribution in [2.75, 3.05) is 18.8 Å². The Labute approximate surface area is 119 Å². The van der Waals surface area contributed by atoms with Gasteiger partial charge in [0.1, 0.15) is 6.61 Å². The van der Waals surface area contributed by atoms with Gasteiger partial charge in [0.25, 0.3) is 0 Å². The average molecular weight is 305 g/mol. The van der Waals surface area contributed by atoms with Gasteiger partial charge in [0.05, 0.1) is 0 Å². The molecule has 1 saturated heterocycles. The summed E-state index contributed by atoms with van der Waals surface area (Å²) in [5.74, 6) is -0.114. The summed E-state index contributed by atoms with van der Waals surface area (Å²) in [7, 11) is 0. The molecule has 0 aliphatic carbocycles. The predicted molar refractivity (Wildman–Crippen MR) is 70.2 cm³/mol. The Hall–Kier alpha value is -1.37. The third kappa shape index (κ3) is 4.63. The summed E-state index contributed by atoms with van der Waals surface area (Å²) in [4.78, 5) is 13.0. The van der Waals surface area contributed by atoms with Crippen molar-refractivity contribution in [2.24, 2.45) is 5.92 Å². The van der Waals surface area contributed by atoms with E-state index < -0.39 is 11.6 Å². The van der Waals surface area contributed by atoms with E-state index in [0.29, 0.717) is 13.1 Å². The van der Waals surface area contributed by atoms with Gasteiger partial charge in [-0.2, -0.15) is 13.2 Å². The molecule has 1 amide bonds. The first-order chi connectivity index (χ1) is 9.44. The number of alkyl halides is 3. The Kier molecular flexibility index (Phi) is 4.80. The van der Waals surface area contributed by atoms with E-state index in [1.165, 1.54) is 4.90 Å². The van der Waals surface area contributed by atoms with Crippen molar-refractivity contribution >= 4 is 17.9 Å². The minimum atomic E-state index is -4.20. The van der Waals surface area contributed by atoms with E-state index in [-0.39, 0.29) is 30.0 Å². The van der Waals surface area contributed by atoms with Gasteiger partial charge in [-0.15, -0.1) is 0 Å². The van der Waals surface area contributed by atoms with E-state index in [1.54, 1.807) is 0 Å². The lowest BCUT2D eigenvalue weighted by atomic mass is 10.0. The highest BCUT2D eigenvalue weighted by molar-refractivity contribution is 8.00. The lowest BCUT2D eigenvalue weighted by Crippen LogP contribution is -2.51. The molecule has 0 radical (unpaired) electrons. The van der Waals surface area contributed by atoms with Crippen LogP contribution in [-0.2, 0) is 11.3 Å². The van der Waals surface area contributed by atoms with Crippen LogP contribution in [0.4, 0.5) is 18.0 Å². The number of nitrogens with zero attached hydrogens (tertiary/aromatic N) is 1. The topological polar surface area (TPSA) is 29.5 Å². The van der Waals surface area contributed by atoms with Gasteiger partial charge in [0.2, 0.25) is 0 Å². The zero-order valence-electron chi connectivity index (χ0n) is 10.6. The lowest BCUT2D eigenvalue weighted by molar-refractivity contribution is -0.0334. The first-order valence-electron chi connectivity index (χ1n) is 6.10. The summed E-state index contributed by atoms with van der Waals surface area (Å²) < 4.78 is 41.1. The minimum Gasteiger partial charge on any atom is -0.445 e. The summed E-state index contributed by atoms with van der Waals surface area (Å²) >= 11 is -0.0373. The number of amides is 1. The van der Waals surface area contributed by atoms with Gasteiger partial charge in [-0.3, -0.25) is 0 Å². The van der Waals surface area contributed by atoms with Gasteiger partial charge in [-0.1, -0.05) is 42.1 Å². The lowest BCUT2D eigenvalue weighted by Gasteiger charge is -2.38. The van der Waals surface area contributed by atoms with Gasteiger partial charge >= 0.3 is 11.6 Å². The predicted octanol–water partition coefficient (Wildman–Crippen LogP) is 3.51. The molecule has 110 valence electrons. The van der Waals surface area contributed by atoms with Crippen LogP contribution in [0, 0.1) is 5.92 Å². The summed E-state index contributed by atoms with van der Waals surface area (Å²) in [5.41, 5.74) is -3.32. The monoisotopic (exact) mass is 305 g/mol. The first kappa shape index (κ1) is 15.0. The van der Waals surface area contributed by atoms with Crippen molar-refractivity contribution in [3.05, 3.63) is 35.9 Å². The molecule has 0 aromatic heterocycles. The fourth-order valence-electron chi connectivity index (χ4n) is 1.85. The Bertz CT molecular complexity index is 447. The molecule has 0 N–H and O–H groups in total. The molecule has 7 heteroatoms. The highest BCUT2D eigenvalue weighted by Gasteiger charge is 2.36. The smallest absolute Gasteiger partial charge is 0.441 e. The number of thioether (sulfide) groups is 1. The summed E-state index contributed by atoms with van der Waals surface area (Å²) in [5, 5.41) is 0. The van der Waals surface area contributed by atoms with Crippen LogP contribution >= 0.6 is 11.8 Å². The molecule has 1 fully saturated rings. The van der Waals surface area contributed by atoms with Crippen molar-refractivity contribution in [1.82, 2.24) is 4.90 Å². The van der Waals surface area contributed by atoms with Gasteiger partial charge in [0.15, 0.2) is 0 Å². The molecule has 20 heavy (non-hydrogen) atoms. The maximum Gasteiger partial charge on any atom is 0.441 e. The molecule has 1 aliphatic heterocycles. The van der Waals surface area contributed by atoms with E-state index in [4.69, 9.17) is 4.74 Å². The van der Waals surface area contributed by atoms with E-state index in [9.17, 15) is 18.0 Å². The Morgan fingerprint density at radius 3 is 2.55 bits per heavy atom. The second-order valence-electron chi connectivity index (χ2n) is 4.57. The van der Waals surface area contributed by atoms with E-state index in [2.05, 4.69) is 0 Å². The van der Waals surface area contributed by atoms with E-state index in [0.717, 1.165) is 5.56 Å². The van der Waals surface area contributed by atoms with Gasteiger partial charge < -0.3 is 9.64 Å². The van der Waals surface area contributed by atoms with Crippen molar-refractivity contribution < 1.29 is 22.7 Å². The number of carbonyl (C=O) groups is 1. The molecule has 1 heterocycles. The zero-order chi connectivity index (χ0) is 14.6. The Morgan fingerprint density at radius 1 is 1.30 bits per heavy atom.